The molecule has 0 radical (unpaired) electrons. The van der Waals surface area contributed by atoms with Gasteiger partial charge in [0, 0.05) is 42.6 Å². The molecule has 3 amide bonds. The van der Waals surface area contributed by atoms with E-state index in [9.17, 15) is 9.59 Å². The number of halogens is 1. The minimum absolute atomic E-state index is 0.0473. The molecule has 2 N–H and O–H groups in total. The van der Waals surface area contributed by atoms with Crippen molar-refractivity contribution in [2.24, 2.45) is 0 Å². The number of carbonyl (C=O) groups is 2. The molecule has 1 aliphatic heterocycles. The summed E-state index contributed by atoms with van der Waals surface area (Å²) in [5.41, 5.74) is 2.40. The number of nitrogens with one attached hydrogen (secondary N) is 2. The van der Waals surface area contributed by atoms with Crippen LogP contribution in [-0.4, -0.2) is 48.0 Å². The van der Waals surface area contributed by atoms with Crippen LogP contribution in [-0.2, 0) is 0 Å². The smallest absolute Gasteiger partial charge is 0.325 e. The number of piperazine rings is 1. The van der Waals surface area contributed by atoms with Crippen molar-refractivity contribution in [2.45, 2.75) is 6.92 Å². The number of carbonyl (C=O) groups excluding carboxylic acids is 2. The number of aromatic nitrogens is 1. The standard InChI is InChI=1S/C22H22ClN5O2S/c1-15-19(20(29)28-13-11-27(12-14-28)18-5-3-2-4-6-18)31-22(24-15)26-21(30)25-17-9-7-16(23)8-10-17/h2-10H,11-14H2,1H3,(H2,24,25,26,30). The van der Waals surface area contributed by atoms with Crippen LogP contribution in [0.1, 0.15) is 15.4 Å². The van der Waals surface area contributed by atoms with Crippen LogP contribution in [0.5, 0.6) is 0 Å². The van der Waals surface area contributed by atoms with Gasteiger partial charge in [0.25, 0.3) is 5.91 Å². The van der Waals surface area contributed by atoms with Gasteiger partial charge in [-0.15, -0.1) is 0 Å². The highest BCUT2D eigenvalue weighted by molar-refractivity contribution is 7.17. The maximum Gasteiger partial charge on any atom is 0.325 e. The SMILES string of the molecule is Cc1nc(NC(=O)Nc2ccc(Cl)cc2)sc1C(=O)N1CCN(c2ccccc2)CC1. The van der Waals surface area contributed by atoms with E-state index in [-0.39, 0.29) is 5.91 Å². The van der Waals surface area contributed by atoms with Crippen molar-refractivity contribution >= 4 is 51.4 Å². The highest BCUT2D eigenvalue weighted by Crippen LogP contribution is 2.25. The Morgan fingerprint density at radius 2 is 1.65 bits per heavy atom. The number of aryl methyl sites for hydroxylation is 1. The lowest BCUT2D eigenvalue weighted by Crippen LogP contribution is -2.48. The van der Waals surface area contributed by atoms with Crippen LogP contribution in [0.4, 0.5) is 21.3 Å². The van der Waals surface area contributed by atoms with E-state index in [4.69, 9.17) is 11.6 Å². The molecule has 160 valence electrons. The number of para-hydroxylation sites is 1. The zero-order valence-corrected chi connectivity index (χ0v) is 18.5. The molecule has 0 unspecified atom stereocenters. The fourth-order valence-corrected chi connectivity index (χ4v) is 4.45. The zero-order chi connectivity index (χ0) is 21.8. The normalized spacial score (nSPS) is 13.7. The molecular weight excluding hydrogens is 434 g/mol. The minimum Gasteiger partial charge on any atom is -0.368 e. The van der Waals surface area contributed by atoms with Crippen molar-refractivity contribution < 1.29 is 9.59 Å². The van der Waals surface area contributed by atoms with Crippen molar-refractivity contribution in [3.05, 3.63) is 70.2 Å². The average Bonchev–Trinajstić information content (AvgIpc) is 3.15. The van der Waals surface area contributed by atoms with Gasteiger partial charge in [-0.2, -0.15) is 0 Å². The largest absolute Gasteiger partial charge is 0.368 e. The van der Waals surface area contributed by atoms with Crippen molar-refractivity contribution in [2.75, 3.05) is 41.7 Å². The van der Waals surface area contributed by atoms with E-state index in [1.165, 1.54) is 17.0 Å². The average molecular weight is 456 g/mol. The monoisotopic (exact) mass is 455 g/mol. The predicted molar refractivity (Wildman–Crippen MR) is 126 cm³/mol. The maximum absolute atomic E-state index is 13.0. The molecule has 0 spiro atoms. The third kappa shape index (κ3) is 5.15. The molecule has 9 heteroatoms. The highest BCUT2D eigenvalue weighted by atomic mass is 35.5. The Balaban J connectivity index is 1.35. The molecule has 31 heavy (non-hydrogen) atoms. The third-order valence-electron chi connectivity index (χ3n) is 5.00. The Morgan fingerprint density at radius 3 is 2.32 bits per heavy atom. The van der Waals surface area contributed by atoms with Gasteiger partial charge in [-0.05, 0) is 43.3 Å². The molecular formula is C22H22ClN5O2S. The first-order valence-electron chi connectivity index (χ1n) is 9.90. The molecule has 0 saturated carbocycles. The number of hydrogen-bond acceptors (Lipinski definition) is 5. The molecule has 2 aromatic carbocycles. The first-order valence-corrected chi connectivity index (χ1v) is 11.1. The van der Waals surface area contributed by atoms with Crippen LogP contribution in [0.15, 0.2) is 54.6 Å². The van der Waals surface area contributed by atoms with Crippen molar-refractivity contribution in [1.82, 2.24) is 9.88 Å². The zero-order valence-electron chi connectivity index (χ0n) is 17.0. The molecule has 0 bridgehead atoms. The van der Waals surface area contributed by atoms with Gasteiger partial charge < -0.3 is 15.1 Å². The Bertz CT molecular complexity index is 1060. The number of anilines is 3. The summed E-state index contributed by atoms with van der Waals surface area (Å²) >= 11 is 7.05. The fourth-order valence-electron chi connectivity index (χ4n) is 3.39. The van der Waals surface area contributed by atoms with Crippen LogP contribution in [0.2, 0.25) is 5.02 Å². The summed E-state index contributed by atoms with van der Waals surface area (Å²) in [6.45, 7) is 4.63. The van der Waals surface area contributed by atoms with Gasteiger partial charge in [-0.3, -0.25) is 10.1 Å². The summed E-state index contributed by atoms with van der Waals surface area (Å²) in [4.78, 5) is 34.3. The first-order chi connectivity index (χ1) is 15.0. The predicted octanol–water partition coefficient (Wildman–Crippen LogP) is 4.71. The van der Waals surface area contributed by atoms with E-state index in [0.29, 0.717) is 39.5 Å². The Morgan fingerprint density at radius 1 is 0.968 bits per heavy atom. The Hall–Kier alpha value is -3.10. The van der Waals surface area contributed by atoms with Gasteiger partial charge in [0.2, 0.25) is 0 Å². The molecule has 1 aromatic heterocycles. The van der Waals surface area contributed by atoms with Crippen LogP contribution in [0.25, 0.3) is 0 Å². The lowest BCUT2D eigenvalue weighted by atomic mass is 10.2. The summed E-state index contributed by atoms with van der Waals surface area (Å²) in [5, 5.41) is 6.39. The van der Waals surface area contributed by atoms with Crippen molar-refractivity contribution in [1.29, 1.82) is 0 Å². The molecule has 4 rings (SSSR count). The number of hydrogen-bond donors (Lipinski definition) is 2. The second-order valence-electron chi connectivity index (χ2n) is 7.13. The summed E-state index contributed by atoms with van der Waals surface area (Å²) in [5.74, 6) is -0.0473. The van der Waals surface area contributed by atoms with E-state index in [2.05, 4.69) is 32.7 Å². The summed E-state index contributed by atoms with van der Waals surface area (Å²) in [6.07, 6.45) is 0. The third-order valence-corrected chi connectivity index (χ3v) is 6.31. The van der Waals surface area contributed by atoms with E-state index in [0.717, 1.165) is 13.1 Å². The second kappa shape index (κ2) is 9.36. The second-order valence-corrected chi connectivity index (χ2v) is 8.57. The molecule has 1 fully saturated rings. The Labute approximate surface area is 189 Å². The van der Waals surface area contributed by atoms with Gasteiger partial charge in [-0.1, -0.05) is 41.1 Å². The number of amides is 3. The van der Waals surface area contributed by atoms with E-state index < -0.39 is 6.03 Å². The highest BCUT2D eigenvalue weighted by Gasteiger charge is 2.26. The van der Waals surface area contributed by atoms with Crippen LogP contribution in [0.3, 0.4) is 0 Å². The van der Waals surface area contributed by atoms with Crippen LogP contribution >= 0.6 is 22.9 Å². The first kappa shape index (κ1) is 21.1. The van der Waals surface area contributed by atoms with E-state index >= 15 is 0 Å². The molecule has 1 saturated heterocycles. The molecule has 0 atom stereocenters. The van der Waals surface area contributed by atoms with Gasteiger partial charge in [0.05, 0.1) is 5.69 Å². The van der Waals surface area contributed by atoms with Gasteiger partial charge in [0.15, 0.2) is 5.13 Å². The lowest BCUT2D eigenvalue weighted by Gasteiger charge is -2.36. The number of rotatable bonds is 4. The number of benzene rings is 2. The van der Waals surface area contributed by atoms with E-state index in [1.54, 1.807) is 31.2 Å². The van der Waals surface area contributed by atoms with Crippen LogP contribution < -0.4 is 15.5 Å². The van der Waals surface area contributed by atoms with Crippen molar-refractivity contribution in [3.8, 4) is 0 Å². The molecule has 7 nitrogen and oxygen atoms in total. The van der Waals surface area contributed by atoms with E-state index in [1.807, 2.05) is 23.1 Å². The maximum atomic E-state index is 13.0. The molecule has 2 heterocycles. The van der Waals surface area contributed by atoms with Gasteiger partial charge in [-0.25, -0.2) is 9.78 Å². The summed E-state index contributed by atoms with van der Waals surface area (Å²) in [6, 6.07) is 16.6. The summed E-state index contributed by atoms with van der Waals surface area (Å²) in [7, 11) is 0. The molecule has 3 aromatic rings. The van der Waals surface area contributed by atoms with Crippen molar-refractivity contribution in [3.63, 3.8) is 0 Å². The van der Waals surface area contributed by atoms with Crippen LogP contribution in [0, 0.1) is 6.92 Å². The number of nitrogens with zero attached hydrogens (tertiary/aromatic N) is 3. The van der Waals surface area contributed by atoms with Gasteiger partial charge >= 0.3 is 6.03 Å². The Kier molecular flexibility index (Phi) is 6.39. The number of thiazole rings is 1. The summed E-state index contributed by atoms with van der Waals surface area (Å²) < 4.78 is 0. The fraction of sp³-hybridized carbons (Fsp3) is 0.227. The van der Waals surface area contributed by atoms with Gasteiger partial charge in [0.1, 0.15) is 4.88 Å². The number of urea groups is 1. The topological polar surface area (TPSA) is 77.6 Å². The quantitative estimate of drug-likeness (QED) is 0.597. The molecule has 0 aliphatic carbocycles. The lowest BCUT2D eigenvalue weighted by molar-refractivity contribution is 0.0750. The minimum atomic E-state index is -0.424. The molecule has 1 aliphatic rings.